The maximum absolute atomic E-state index is 11.6. The van der Waals surface area contributed by atoms with Gasteiger partial charge in [-0.05, 0) is 19.4 Å². The molecule has 0 aromatic heterocycles. The fourth-order valence-corrected chi connectivity index (χ4v) is 3.30. The first kappa shape index (κ1) is 11.0. The number of ether oxygens (including phenoxy) is 1. The highest BCUT2D eigenvalue weighted by atomic mass is 16.6. The van der Waals surface area contributed by atoms with E-state index in [1.54, 1.807) is 6.08 Å². The standard InChI is InChI=1S/C14H19NO2/c1-10-4-2-3-7-15-12-6-5-11-8-13(16)17-14(10,11)9-12/h5-6,8,10,12,15H,2-4,7,9H2,1H3/t10-,12-,14-/m1/s1. The third-order valence-electron chi connectivity index (χ3n) is 4.34. The molecule has 2 heterocycles. The molecule has 0 saturated carbocycles. The lowest BCUT2D eigenvalue weighted by atomic mass is 9.73. The largest absolute Gasteiger partial charge is 0.451 e. The van der Waals surface area contributed by atoms with Crippen molar-refractivity contribution in [1.82, 2.24) is 5.32 Å². The topological polar surface area (TPSA) is 38.3 Å². The molecule has 2 bridgehead atoms. The molecule has 17 heavy (non-hydrogen) atoms. The van der Waals surface area contributed by atoms with Gasteiger partial charge in [0.2, 0.25) is 0 Å². The summed E-state index contributed by atoms with van der Waals surface area (Å²) in [5, 5.41) is 3.53. The van der Waals surface area contributed by atoms with Crippen LogP contribution in [-0.4, -0.2) is 24.2 Å². The second-order valence-corrected chi connectivity index (χ2v) is 5.43. The fraction of sp³-hybridized carbons (Fsp3) is 0.643. The average molecular weight is 233 g/mol. The van der Waals surface area contributed by atoms with Crippen LogP contribution in [0, 0.1) is 5.92 Å². The molecule has 0 amide bonds. The van der Waals surface area contributed by atoms with E-state index >= 15 is 0 Å². The van der Waals surface area contributed by atoms with E-state index in [4.69, 9.17) is 4.74 Å². The molecule has 1 fully saturated rings. The highest BCUT2D eigenvalue weighted by molar-refractivity contribution is 5.88. The molecule has 3 rings (SSSR count). The van der Waals surface area contributed by atoms with E-state index in [2.05, 4.69) is 24.4 Å². The van der Waals surface area contributed by atoms with Crippen molar-refractivity contribution in [3.63, 3.8) is 0 Å². The van der Waals surface area contributed by atoms with E-state index in [1.165, 1.54) is 12.8 Å². The zero-order valence-electron chi connectivity index (χ0n) is 10.2. The van der Waals surface area contributed by atoms with E-state index in [0.717, 1.165) is 25.0 Å². The number of hydrogen-bond acceptors (Lipinski definition) is 3. The number of carbonyl (C=O) groups excluding carboxylic acids is 1. The van der Waals surface area contributed by atoms with Crippen LogP contribution in [0.25, 0.3) is 0 Å². The van der Waals surface area contributed by atoms with Gasteiger partial charge in [-0.25, -0.2) is 4.79 Å². The SMILES string of the molecule is C[C@@H]1CCCCN[C@@H]2C=CC3=CC(=O)O[C@@]31C2. The summed E-state index contributed by atoms with van der Waals surface area (Å²) in [5.41, 5.74) is 0.725. The highest BCUT2D eigenvalue weighted by Gasteiger charge is 2.49. The molecule has 0 aromatic rings. The Labute approximate surface area is 102 Å². The minimum atomic E-state index is -0.353. The van der Waals surface area contributed by atoms with Gasteiger partial charge in [-0.15, -0.1) is 0 Å². The number of fused-ring (bicyclic) bond motifs is 1. The summed E-state index contributed by atoms with van der Waals surface area (Å²) < 4.78 is 5.70. The molecule has 0 radical (unpaired) electrons. The van der Waals surface area contributed by atoms with Gasteiger partial charge in [-0.1, -0.05) is 25.5 Å². The van der Waals surface area contributed by atoms with Crippen molar-refractivity contribution in [1.29, 1.82) is 0 Å². The molecule has 1 saturated heterocycles. The van der Waals surface area contributed by atoms with Crippen molar-refractivity contribution in [3.05, 3.63) is 23.8 Å². The van der Waals surface area contributed by atoms with Crippen molar-refractivity contribution >= 4 is 5.97 Å². The third-order valence-corrected chi connectivity index (χ3v) is 4.34. The molecule has 2 aliphatic heterocycles. The summed E-state index contributed by atoms with van der Waals surface area (Å²) in [7, 11) is 0. The quantitative estimate of drug-likeness (QED) is 0.650. The number of carbonyl (C=O) groups is 1. The van der Waals surface area contributed by atoms with Crippen molar-refractivity contribution in [2.45, 2.75) is 44.2 Å². The van der Waals surface area contributed by atoms with Crippen molar-refractivity contribution in [2.75, 3.05) is 6.54 Å². The van der Waals surface area contributed by atoms with Gasteiger partial charge >= 0.3 is 5.97 Å². The minimum Gasteiger partial charge on any atom is -0.451 e. The van der Waals surface area contributed by atoms with Crippen molar-refractivity contribution < 1.29 is 9.53 Å². The van der Waals surface area contributed by atoms with Gasteiger partial charge in [0.1, 0.15) is 5.60 Å². The predicted octanol–water partition coefficient (Wildman–Crippen LogP) is 1.95. The first-order valence-corrected chi connectivity index (χ1v) is 6.57. The third kappa shape index (κ3) is 1.73. The molecule has 3 atom stereocenters. The van der Waals surface area contributed by atoms with E-state index < -0.39 is 0 Å². The molecule has 3 aliphatic rings. The summed E-state index contributed by atoms with van der Waals surface area (Å²) in [6.45, 7) is 3.28. The summed E-state index contributed by atoms with van der Waals surface area (Å²) in [5.74, 6) is 0.240. The lowest BCUT2D eigenvalue weighted by Gasteiger charge is -2.40. The van der Waals surface area contributed by atoms with Gasteiger partial charge in [0.05, 0.1) is 0 Å². The maximum Gasteiger partial charge on any atom is 0.332 e. The fourth-order valence-electron chi connectivity index (χ4n) is 3.30. The van der Waals surface area contributed by atoms with Crippen LogP contribution in [0.1, 0.15) is 32.6 Å². The second kappa shape index (κ2) is 3.98. The van der Waals surface area contributed by atoms with E-state index in [9.17, 15) is 4.79 Å². The Morgan fingerprint density at radius 1 is 1.47 bits per heavy atom. The monoisotopic (exact) mass is 233 g/mol. The van der Waals surface area contributed by atoms with Gasteiger partial charge in [0.25, 0.3) is 0 Å². The van der Waals surface area contributed by atoms with Gasteiger partial charge in [-0.2, -0.15) is 0 Å². The van der Waals surface area contributed by atoms with Gasteiger partial charge in [0, 0.05) is 30.0 Å². The Kier molecular flexibility index (Phi) is 2.58. The number of rotatable bonds is 0. The molecule has 0 aromatic carbocycles. The van der Waals surface area contributed by atoms with Crippen LogP contribution >= 0.6 is 0 Å². The number of nitrogens with one attached hydrogen (secondary N) is 1. The van der Waals surface area contributed by atoms with E-state index in [-0.39, 0.29) is 11.6 Å². The summed E-state index contributed by atoms with van der Waals surface area (Å²) in [6, 6.07) is 0.346. The summed E-state index contributed by atoms with van der Waals surface area (Å²) in [6.07, 6.45) is 10.3. The second-order valence-electron chi connectivity index (χ2n) is 5.43. The van der Waals surface area contributed by atoms with Crippen LogP contribution in [-0.2, 0) is 9.53 Å². The Morgan fingerprint density at radius 2 is 2.35 bits per heavy atom. The molecule has 1 spiro atoms. The molecule has 3 nitrogen and oxygen atoms in total. The smallest absolute Gasteiger partial charge is 0.332 e. The lowest BCUT2D eigenvalue weighted by molar-refractivity contribution is -0.151. The van der Waals surface area contributed by atoms with Crippen LogP contribution in [0.2, 0.25) is 0 Å². The zero-order chi connectivity index (χ0) is 11.9. The molecule has 0 unspecified atom stereocenters. The van der Waals surface area contributed by atoms with Gasteiger partial charge in [-0.3, -0.25) is 0 Å². The summed E-state index contributed by atoms with van der Waals surface area (Å²) >= 11 is 0. The Morgan fingerprint density at radius 3 is 3.24 bits per heavy atom. The molecule has 92 valence electrons. The normalized spacial score (nSPS) is 40.8. The minimum absolute atomic E-state index is 0.170. The van der Waals surface area contributed by atoms with Crippen LogP contribution < -0.4 is 5.32 Å². The van der Waals surface area contributed by atoms with E-state index in [0.29, 0.717) is 12.0 Å². The Balaban J connectivity index is 1.99. The lowest BCUT2D eigenvalue weighted by Crippen LogP contribution is -2.46. The van der Waals surface area contributed by atoms with E-state index in [1.807, 2.05) is 0 Å². The molecular formula is C14H19NO2. The maximum atomic E-state index is 11.6. The van der Waals surface area contributed by atoms with Crippen LogP contribution in [0.3, 0.4) is 0 Å². The molecular weight excluding hydrogens is 214 g/mol. The van der Waals surface area contributed by atoms with Crippen LogP contribution in [0.5, 0.6) is 0 Å². The average Bonchev–Trinajstić information content (AvgIpc) is 2.66. The predicted molar refractivity (Wildman–Crippen MR) is 65.5 cm³/mol. The first-order chi connectivity index (χ1) is 8.21. The zero-order valence-corrected chi connectivity index (χ0v) is 10.2. The van der Waals surface area contributed by atoms with Crippen LogP contribution in [0.4, 0.5) is 0 Å². The van der Waals surface area contributed by atoms with Gasteiger partial charge in [0.15, 0.2) is 0 Å². The first-order valence-electron chi connectivity index (χ1n) is 6.57. The van der Waals surface area contributed by atoms with Crippen LogP contribution in [0.15, 0.2) is 23.8 Å². The molecule has 3 heteroatoms. The molecule has 1 N–H and O–H groups in total. The number of hydrogen-bond donors (Lipinski definition) is 1. The Bertz CT molecular complexity index is 399. The number of esters is 1. The van der Waals surface area contributed by atoms with Crippen molar-refractivity contribution in [2.24, 2.45) is 5.92 Å². The summed E-state index contributed by atoms with van der Waals surface area (Å²) in [4.78, 5) is 11.6. The van der Waals surface area contributed by atoms with Crippen molar-refractivity contribution in [3.8, 4) is 0 Å². The molecule has 1 aliphatic carbocycles. The highest BCUT2D eigenvalue weighted by Crippen LogP contribution is 2.44. The van der Waals surface area contributed by atoms with Gasteiger partial charge < -0.3 is 10.1 Å². The Hall–Kier alpha value is -1.09.